The first kappa shape index (κ1) is 14.1. The van der Waals surface area contributed by atoms with Crippen LogP contribution < -0.4 is 5.32 Å². The number of aromatic nitrogens is 3. The van der Waals surface area contributed by atoms with Crippen molar-refractivity contribution in [3.05, 3.63) is 41.3 Å². The lowest BCUT2D eigenvalue weighted by Crippen LogP contribution is -2.32. The SMILES string of the molecule is CNC1CC(C)(C)Cc2nc(-c3ccc(C)cn3)ncc21. The van der Waals surface area contributed by atoms with Gasteiger partial charge in [0.05, 0.1) is 0 Å². The number of aryl methyl sites for hydroxylation is 1. The van der Waals surface area contributed by atoms with Crippen molar-refractivity contribution in [3.8, 4) is 11.5 Å². The van der Waals surface area contributed by atoms with Gasteiger partial charge in [-0.1, -0.05) is 19.9 Å². The third-order valence-electron chi connectivity index (χ3n) is 4.17. The van der Waals surface area contributed by atoms with Gasteiger partial charge < -0.3 is 5.32 Å². The average molecular weight is 282 g/mol. The molecule has 0 fully saturated rings. The van der Waals surface area contributed by atoms with Crippen LogP contribution in [0.1, 0.15) is 43.1 Å². The minimum Gasteiger partial charge on any atom is -0.313 e. The summed E-state index contributed by atoms with van der Waals surface area (Å²) in [5.74, 6) is 0.723. The van der Waals surface area contributed by atoms with Gasteiger partial charge in [0.25, 0.3) is 0 Å². The summed E-state index contributed by atoms with van der Waals surface area (Å²) >= 11 is 0. The van der Waals surface area contributed by atoms with E-state index >= 15 is 0 Å². The molecule has 1 atom stereocenters. The number of nitrogens with one attached hydrogen (secondary N) is 1. The zero-order valence-corrected chi connectivity index (χ0v) is 13.1. The second kappa shape index (κ2) is 5.19. The van der Waals surface area contributed by atoms with Gasteiger partial charge in [-0.2, -0.15) is 0 Å². The third-order valence-corrected chi connectivity index (χ3v) is 4.17. The van der Waals surface area contributed by atoms with Crippen molar-refractivity contribution in [3.63, 3.8) is 0 Å². The van der Waals surface area contributed by atoms with E-state index in [9.17, 15) is 0 Å². The monoisotopic (exact) mass is 282 g/mol. The van der Waals surface area contributed by atoms with E-state index in [0.717, 1.165) is 35.6 Å². The van der Waals surface area contributed by atoms with Crippen LogP contribution in [0.4, 0.5) is 0 Å². The zero-order valence-electron chi connectivity index (χ0n) is 13.1. The Labute approximate surface area is 126 Å². The molecule has 0 saturated heterocycles. The second-order valence-electron chi connectivity index (χ2n) is 6.70. The molecular formula is C17H22N4. The van der Waals surface area contributed by atoms with Crippen LogP contribution in [0.2, 0.25) is 0 Å². The summed E-state index contributed by atoms with van der Waals surface area (Å²) in [6.45, 7) is 6.63. The normalized spacial score (nSPS) is 20.1. The van der Waals surface area contributed by atoms with Gasteiger partial charge in [-0.25, -0.2) is 9.97 Å². The first-order valence-corrected chi connectivity index (χ1v) is 7.45. The molecule has 0 aliphatic heterocycles. The largest absolute Gasteiger partial charge is 0.313 e. The van der Waals surface area contributed by atoms with Crippen LogP contribution in [0, 0.1) is 12.3 Å². The van der Waals surface area contributed by atoms with Crippen LogP contribution in [-0.4, -0.2) is 22.0 Å². The predicted octanol–water partition coefficient (Wildman–Crippen LogP) is 3.08. The van der Waals surface area contributed by atoms with Gasteiger partial charge in [-0.15, -0.1) is 0 Å². The van der Waals surface area contributed by atoms with E-state index in [1.807, 2.05) is 38.5 Å². The van der Waals surface area contributed by atoms with E-state index in [1.54, 1.807) is 0 Å². The smallest absolute Gasteiger partial charge is 0.178 e. The molecule has 4 nitrogen and oxygen atoms in total. The molecule has 3 rings (SSSR count). The number of rotatable bonds is 2. The summed E-state index contributed by atoms with van der Waals surface area (Å²) in [7, 11) is 2.01. The maximum atomic E-state index is 4.79. The molecule has 0 bridgehead atoms. The Morgan fingerprint density at radius 1 is 1.19 bits per heavy atom. The minimum atomic E-state index is 0.257. The molecule has 0 amide bonds. The summed E-state index contributed by atoms with van der Waals surface area (Å²) in [5, 5.41) is 3.39. The number of nitrogens with zero attached hydrogens (tertiary/aromatic N) is 3. The van der Waals surface area contributed by atoms with Crippen LogP contribution in [0.15, 0.2) is 24.5 Å². The predicted molar refractivity (Wildman–Crippen MR) is 83.9 cm³/mol. The Morgan fingerprint density at radius 3 is 2.67 bits per heavy atom. The fraction of sp³-hybridized carbons (Fsp3) is 0.471. The van der Waals surface area contributed by atoms with Gasteiger partial charge in [0, 0.05) is 29.7 Å². The van der Waals surface area contributed by atoms with Crippen LogP contribution in [0.3, 0.4) is 0 Å². The van der Waals surface area contributed by atoms with E-state index < -0.39 is 0 Å². The Balaban J connectivity index is 2.02. The molecule has 2 heterocycles. The quantitative estimate of drug-likeness (QED) is 0.919. The van der Waals surface area contributed by atoms with E-state index in [2.05, 4.69) is 29.1 Å². The summed E-state index contributed by atoms with van der Waals surface area (Å²) in [6, 6.07) is 4.37. The van der Waals surface area contributed by atoms with E-state index in [-0.39, 0.29) is 5.41 Å². The molecule has 0 radical (unpaired) electrons. The molecule has 0 saturated carbocycles. The fourth-order valence-corrected chi connectivity index (χ4v) is 3.03. The van der Waals surface area contributed by atoms with Crippen molar-refractivity contribution in [2.75, 3.05) is 7.05 Å². The van der Waals surface area contributed by atoms with E-state index in [4.69, 9.17) is 4.98 Å². The molecule has 1 aliphatic carbocycles. The first-order valence-electron chi connectivity index (χ1n) is 7.45. The van der Waals surface area contributed by atoms with Gasteiger partial charge in [-0.3, -0.25) is 4.98 Å². The maximum Gasteiger partial charge on any atom is 0.178 e. The number of fused-ring (bicyclic) bond motifs is 1. The van der Waals surface area contributed by atoms with Gasteiger partial charge in [0.15, 0.2) is 5.82 Å². The van der Waals surface area contributed by atoms with Crippen LogP contribution >= 0.6 is 0 Å². The number of pyridine rings is 1. The molecular weight excluding hydrogens is 260 g/mol. The standard InChI is InChI=1S/C17H22N4/c1-11-5-6-13(19-9-11)16-20-10-12-14(18-4)7-17(2,3)8-15(12)21-16/h5-6,9-10,14,18H,7-8H2,1-4H3. The highest BCUT2D eigenvalue weighted by Crippen LogP contribution is 2.39. The number of hydrogen-bond acceptors (Lipinski definition) is 4. The highest BCUT2D eigenvalue weighted by molar-refractivity contribution is 5.50. The van der Waals surface area contributed by atoms with Crippen molar-refractivity contribution in [1.82, 2.24) is 20.3 Å². The van der Waals surface area contributed by atoms with Gasteiger partial charge in [0.2, 0.25) is 0 Å². The van der Waals surface area contributed by atoms with Crippen molar-refractivity contribution >= 4 is 0 Å². The molecule has 2 aromatic heterocycles. The Hall–Kier alpha value is -1.81. The first-order chi connectivity index (χ1) is 9.98. The maximum absolute atomic E-state index is 4.79. The molecule has 0 spiro atoms. The zero-order chi connectivity index (χ0) is 15.0. The van der Waals surface area contributed by atoms with Gasteiger partial charge in [0.1, 0.15) is 5.69 Å². The second-order valence-corrected chi connectivity index (χ2v) is 6.70. The van der Waals surface area contributed by atoms with Gasteiger partial charge in [-0.05, 0) is 43.9 Å². The van der Waals surface area contributed by atoms with Crippen molar-refractivity contribution in [1.29, 1.82) is 0 Å². The third kappa shape index (κ3) is 2.81. The average Bonchev–Trinajstić information content (AvgIpc) is 2.45. The molecule has 1 aliphatic rings. The van der Waals surface area contributed by atoms with Gasteiger partial charge >= 0.3 is 0 Å². The lowest BCUT2D eigenvalue weighted by Gasteiger charge is -2.36. The summed E-state index contributed by atoms with van der Waals surface area (Å²) < 4.78 is 0. The highest BCUT2D eigenvalue weighted by Gasteiger charge is 2.32. The van der Waals surface area contributed by atoms with Crippen LogP contribution in [0.5, 0.6) is 0 Å². The molecule has 21 heavy (non-hydrogen) atoms. The topological polar surface area (TPSA) is 50.7 Å². The fourth-order valence-electron chi connectivity index (χ4n) is 3.03. The lowest BCUT2D eigenvalue weighted by atomic mass is 9.74. The van der Waals surface area contributed by atoms with Crippen LogP contribution in [-0.2, 0) is 6.42 Å². The molecule has 0 aromatic carbocycles. The minimum absolute atomic E-state index is 0.257. The summed E-state index contributed by atoms with van der Waals surface area (Å²) in [4.78, 5) is 13.8. The Morgan fingerprint density at radius 2 is 2.00 bits per heavy atom. The molecule has 1 N–H and O–H groups in total. The molecule has 4 heteroatoms. The molecule has 110 valence electrons. The summed E-state index contributed by atoms with van der Waals surface area (Å²) in [5.41, 5.74) is 4.62. The molecule has 2 aromatic rings. The number of hydrogen-bond donors (Lipinski definition) is 1. The Bertz CT molecular complexity index is 646. The van der Waals surface area contributed by atoms with Crippen LogP contribution in [0.25, 0.3) is 11.5 Å². The van der Waals surface area contributed by atoms with Crippen molar-refractivity contribution in [2.24, 2.45) is 5.41 Å². The van der Waals surface area contributed by atoms with Crippen molar-refractivity contribution < 1.29 is 0 Å². The van der Waals surface area contributed by atoms with E-state index in [0.29, 0.717) is 6.04 Å². The highest BCUT2D eigenvalue weighted by atomic mass is 15.0. The van der Waals surface area contributed by atoms with E-state index in [1.165, 1.54) is 5.56 Å². The lowest BCUT2D eigenvalue weighted by molar-refractivity contribution is 0.260. The molecule has 1 unspecified atom stereocenters. The van der Waals surface area contributed by atoms with Crippen molar-refractivity contribution in [2.45, 2.75) is 39.7 Å². The Kier molecular flexibility index (Phi) is 3.49. The summed E-state index contributed by atoms with van der Waals surface area (Å²) in [6.07, 6.45) is 5.93.